The highest BCUT2D eigenvalue weighted by molar-refractivity contribution is 5.76. The molecule has 1 amide bonds. The van der Waals surface area contributed by atoms with E-state index >= 15 is 0 Å². The van der Waals surface area contributed by atoms with E-state index < -0.39 is 0 Å². The van der Waals surface area contributed by atoms with Crippen LogP contribution in [0.4, 0.5) is 0 Å². The van der Waals surface area contributed by atoms with Gasteiger partial charge >= 0.3 is 0 Å². The lowest BCUT2D eigenvalue weighted by atomic mass is 9.90. The van der Waals surface area contributed by atoms with Gasteiger partial charge in [-0.2, -0.15) is 0 Å². The Labute approximate surface area is 113 Å². The molecule has 0 saturated carbocycles. The molecule has 1 aliphatic rings. The zero-order valence-electron chi connectivity index (χ0n) is 11.6. The van der Waals surface area contributed by atoms with Gasteiger partial charge in [-0.15, -0.1) is 5.10 Å². The molecule has 1 saturated heterocycles. The van der Waals surface area contributed by atoms with E-state index in [-0.39, 0.29) is 18.0 Å². The molecule has 2 rings (SSSR count). The highest BCUT2D eigenvalue weighted by Gasteiger charge is 2.28. The molecule has 1 aliphatic heterocycles. The summed E-state index contributed by atoms with van der Waals surface area (Å²) in [6.07, 6.45) is 3.71. The molecule has 106 valence electrons. The number of carbonyl (C=O) groups excluding carboxylic acids is 1. The van der Waals surface area contributed by atoms with Crippen molar-refractivity contribution in [3.63, 3.8) is 0 Å². The summed E-state index contributed by atoms with van der Waals surface area (Å²) in [5.74, 6) is -0.00897. The highest BCUT2D eigenvalue weighted by atomic mass is 16.2. The normalized spacial score (nSPS) is 18.2. The van der Waals surface area contributed by atoms with E-state index in [1.807, 2.05) is 7.05 Å². The van der Waals surface area contributed by atoms with Crippen molar-refractivity contribution in [1.29, 1.82) is 0 Å². The van der Waals surface area contributed by atoms with Crippen LogP contribution >= 0.6 is 0 Å². The molecule has 0 aromatic carbocycles. The molecular formula is C12H22N6O. The van der Waals surface area contributed by atoms with Gasteiger partial charge in [-0.1, -0.05) is 5.21 Å². The van der Waals surface area contributed by atoms with E-state index in [1.165, 1.54) is 0 Å². The molecule has 3 N–H and O–H groups in total. The molecule has 0 radical (unpaired) electrons. The number of aromatic nitrogens is 3. The number of amides is 1. The number of nitrogens with one attached hydrogen (secondary N) is 3. The summed E-state index contributed by atoms with van der Waals surface area (Å²) in [5, 5.41) is 17.3. The van der Waals surface area contributed by atoms with Crippen molar-refractivity contribution in [2.75, 3.05) is 20.1 Å². The van der Waals surface area contributed by atoms with E-state index in [0.29, 0.717) is 6.54 Å². The predicted molar refractivity (Wildman–Crippen MR) is 71.4 cm³/mol. The van der Waals surface area contributed by atoms with Crippen LogP contribution in [0.2, 0.25) is 0 Å². The number of hydrogen-bond acceptors (Lipinski definition) is 5. The lowest BCUT2D eigenvalue weighted by Crippen LogP contribution is -2.53. The van der Waals surface area contributed by atoms with Crippen molar-refractivity contribution in [3.05, 3.63) is 11.9 Å². The van der Waals surface area contributed by atoms with Crippen molar-refractivity contribution in [3.8, 4) is 0 Å². The molecule has 0 unspecified atom stereocenters. The third kappa shape index (κ3) is 4.00. The second kappa shape index (κ2) is 6.12. The minimum Gasteiger partial charge on any atom is -0.349 e. The smallest absolute Gasteiger partial charge is 0.242 e. The third-order valence-corrected chi connectivity index (χ3v) is 3.40. The topological polar surface area (TPSA) is 83.9 Å². The monoisotopic (exact) mass is 266 g/mol. The number of carbonyl (C=O) groups is 1. The number of hydrogen-bond donors (Lipinski definition) is 3. The molecule has 1 aromatic heterocycles. The molecule has 0 atom stereocenters. The number of rotatable bonds is 5. The lowest BCUT2D eigenvalue weighted by molar-refractivity contribution is -0.123. The standard InChI is InChI=1S/C12H22N6O/c1-12(3-5-14-6-4-12)15-11(19)9-18-8-10(7-13-2)16-17-18/h8,13-14H,3-7,9H2,1-2H3,(H,15,19). The maximum Gasteiger partial charge on any atom is 0.242 e. The molecule has 7 nitrogen and oxygen atoms in total. The van der Waals surface area contributed by atoms with Crippen LogP contribution in [0.25, 0.3) is 0 Å². The first-order valence-corrected chi connectivity index (χ1v) is 6.67. The van der Waals surface area contributed by atoms with Gasteiger partial charge in [0.05, 0.1) is 11.9 Å². The van der Waals surface area contributed by atoms with Gasteiger partial charge in [-0.05, 0) is 39.9 Å². The van der Waals surface area contributed by atoms with Gasteiger partial charge in [-0.25, -0.2) is 4.68 Å². The zero-order valence-corrected chi connectivity index (χ0v) is 11.6. The average molecular weight is 266 g/mol. The summed E-state index contributed by atoms with van der Waals surface area (Å²) in [6.45, 7) is 4.88. The van der Waals surface area contributed by atoms with Gasteiger partial charge in [0.2, 0.25) is 5.91 Å². The first kappa shape index (κ1) is 14.0. The van der Waals surface area contributed by atoms with E-state index in [9.17, 15) is 4.79 Å². The Morgan fingerprint density at radius 1 is 1.53 bits per heavy atom. The van der Waals surface area contributed by atoms with Gasteiger partial charge in [-0.3, -0.25) is 4.79 Å². The van der Waals surface area contributed by atoms with Gasteiger partial charge in [0.1, 0.15) is 6.54 Å². The highest BCUT2D eigenvalue weighted by Crippen LogP contribution is 2.16. The van der Waals surface area contributed by atoms with Gasteiger partial charge in [0.25, 0.3) is 0 Å². The van der Waals surface area contributed by atoms with Crippen molar-refractivity contribution in [2.45, 2.75) is 38.4 Å². The van der Waals surface area contributed by atoms with Crippen molar-refractivity contribution in [2.24, 2.45) is 0 Å². The number of piperidine rings is 1. The van der Waals surface area contributed by atoms with Crippen molar-refractivity contribution < 1.29 is 4.79 Å². The molecule has 0 bridgehead atoms. The summed E-state index contributed by atoms with van der Waals surface area (Å²) in [6, 6.07) is 0. The van der Waals surface area contributed by atoms with Gasteiger partial charge in [0, 0.05) is 12.1 Å². The summed E-state index contributed by atoms with van der Waals surface area (Å²) in [7, 11) is 1.85. The largest absolute Gasteiger partial charge is 0.349 e. The minimum atomic E-state index is -0.100. The van der Waals surface area contributed by atoms with E-state index in [4.69, 9.17) is 0 Å². The van der Waals surface area contributed by atoms with Crippen LogP contribution in [-0.4, -0.2) is 46.6 Å². The molecule has 0 aliphatic carbocycles. The van der Waals surface area contributed by atoms with Crippen LogP contribution in [0.3, 0.4) is 0 Å². The molecule has 7 heteroatoms. The molecule has 19 heavy (non-hydrogen) atoms. The Kier molecular flexibility index (Phi) is 4.49. The molecule has 1 aromatic rings. The Morgan fingerprint density at radius 2 is 2.26 bits per heavy atom. The van der Waals surface area contributed by atoms with Crippen LogP contribution in [0.15, 0.2) is 6.20 Å². The first-order valence-electron chi connectivity index (χ1n) is 6.67. The average Bonchev–Trinajstić information content (AvgIpc) is 2.77. The van der Waals surface area contributed by atoms with Crippen LogP contribution in [0.1, 0.15) is 25.5 Å². The lowest BCUT2D eigenvalue weighted by Gasteiger charge is -2.34. The van der Waals surface area contributed by atoms with Crippen LogP contribution in [0, 0.1) is 0 Å². The van der Waals surface area contributed by atoms with Crippen LogP contribution in [0.5, 0.6) is 0 Å². The van der Waals surface area contributed by atoms with E-state index in [0.717, 1.165) is 31.6 Å². The summed E-state index contributed by atoms with van der Waals surface area (Å²) < 4.78 is 1.58. The maximum atomic E-state index is 12.0. The Balaban J connectivity index is 1.86. The van der Waals surface area contributed by atoms with E-state index in [2.05, 4.69) is 33.2 Å². The summed E-state index contributed by atoms with van der Waals surface area (Å²) in [5.41, 5.74) is 0.736. The van der Waals surface area contributed by atoms with E-state index in [1.54, 1.807) is 10.9 Å². The first-order chi connectivity index (χ1) is 9.11. The van der Waals surface area contributed by atoms with Crippen molar-refractivity contribution in [1.82, 2.24) is 30.9 Å². The SMILES string of the molecule is CNCc1cn(CC(=O)NC2(C)CCNCC2)nn1. The fourth-order valence-electron chi connectivity index (χ4n) is 2.30. The Hall–Kier alpha value is -1.47. The fraction of sp³-hybridized carbons (Fsp3) is 0.750. The third-order valence-electron chi connectivity index (χ3n) is 3.40. The Morgan fingerprint density at radius 3 is 2.95 bits per heavy atom. The van der Waals surface area contributed by atoms with Crippen LogP contribution in [-0.2, 0) is 17.9 Å². The minimum absolute atomic E-state index is 0.00897. The fourth-order valence-corrected chi connectivity index (χ4v) is 2.30. The quantitative estimate of drug-likeness (QED) is 0.653. The van der Waals surface area contributed by atoms with Gasteiger partial charge in [0.15, 0.2) is 0 Å². The second-order valence-corrected chi connectivity index (χ2v) is 5.30. The molecule has 1 fully saturated rings. The number of nitrogens with zero attached hydrogens (tertiary/aromatic N) is 3. The van der Waals surface area contributed by atoms with Crippen LogP contribution < -0.4 is 16.0 Å². The summed E-state index contributed by atoms with van der Waals surface area (Å²) >= 11 is 0. The van der Waals surface area contributed by atoms with Crippen molar-refractivity contribution >= 4 is 5.91 Å². The zero-order chi connectivity index (χ0) is 13.7. The Bertz CT molecular complexity index is 424. The van der Waals surface area contributed by atoms with Gasteiger partial charge < -0.3 is 16.0 Å². The summed E-state index contributed by atoms with van der Waals surface area (Å²) in [4.78, 5) is 12.0. The maximum absolute atomic E-state index is 12.0. The molecule has 0 spiro atoms. The molecule has 2 heterocycles. The predicted octanol–water partition coefficient (Wildman–Crippen LogP) is -0.744. The molecular weight excluding hydrogens is 244 g/mol. The second-order valence-electron chi connectivity index (χ2n) is 5.30.